The van der Waals surface area contributed by atoms with Crippen LogP contribution in [-0.4, -0.2) is 51.8 Å². The smallest absolute Gasteiger partial charge is 0.326 e. The number of Topliss-reactive ketones (excluding diaryl/α,β-unsaturated/α-hetero) is 1. The van der Waals surface area contributed by atoms with Crippen molar-refractivity contribution in [3.8, 4) is 0 Å². The molecule has 2 aromatic carbocycles. The summed E-state index contributed by atoms with van der Waals surface area (Å²) in [4.78, 5) is 37.7. The molecule has 27 heavy (non-hydrogen) atoms. The maximum absolute atomic E-state index is 12.5. The van der Waals surface area contributed by atoms with Crippen molar-refractivity contribution in [2.24, 2.45) is 5.92 Å². The zero-order valence-electron chi connectivity index (χ0n) is 15.3. The molecule has 1 amide bonds. The van der Waals surface area contributed by atoms with Gasteiger partial charge >= 0.3 is 5.97 Å². The van der Waals surface area contributed by atoms with Gasteiger partial charge in [0.05, 0.1) is 5.75 Å². The zero-order valence-corrected chi connectivity index (χ0v) is 16.1. The Hall–Kier alpha value is -2.34. The van der Waals surface area contributed by atoms with Crippen LogP contribution in [-0.2, 0) is 9.59 Å². The van der Waals surface area contributed by atoms with Crippen LogP contribution in [0.3, 0.4) is 0 Å². The number of carbonyl (C=O) groups excluding carboxylic acids is 2. The molecule has 1 saturated heterocycles. The van der Waals surface area contributed by atoms with Gasteiger partial charge in [-0.1, -0.05) is 43.3 Å². The molecule has 1 heterocycles. The van der Waals surface area contributed by atoms with Crippen molar-refractivity contribution in [1.82, 2.24) is 4.90 Å². The van der Waals surface area contributed by atoms with Crippen LogP contribution in [0.4, 0.5) is 0 Å². The number of hydrogen-bond donors (Lipinski definition) is 1. The first-order chi connectivity index (χ1) is 13.0. The number of thioether (sulfide) groups is 1. The molecule has 2 atom stereocenters. The van der Waals surface area contributed by atoms with E-state index in [0.717, 1.165) is 17.2 Å². The SMILES string of the molecule is CC(CSCC(=O)c1ccc2ccccc2c1)C(=O)N1CCCC1C(=O)O. The van der Waals surface area contributed by atoms with E-state index in [9.17, 15) is 19.5 Å². The van der Waals surface area contributed by atoms with E-state index in [-0.39, 0.29) is 17.6 Å². The number of benzene rings is 2. The molecule has 0 radical (unpaired) electrons. The number of carboxylic acid groups (broad SMARTS) is 1. The number of carboxylic acids is 1. The Bertz CT molecular complexity index is 866. The van der Waals surface area contributed by atoms with E-state index in [1.54, 1.807) is 6.92 Å². The summed E-state index contributed by atoms with van der Waals surface area (Å²) in [5.74, 6) is -0.536. The summed E-state index contributed by atoms with van der Waals surface area (Å²) in [6.07, 6.45) is 1.24. The third-order valence-corrected chi connectivity index (χ3v) is 6.12. The first-order valence-electron chi connectivity index (χ1n) is 9.10. The average Bonchev–Trinajstić information content (AvgIpc) is 3.17. The number of ketones is 1. The molecule has 0 bridgehead atoms. The quantitative estimate of drug-likeness (QED) is 0.739. The number of carbonyl (C=O) groups is 3. The average molecular weight is 385 g/mol. The lowest BCUT2D eigenvalue weighted by Gasteiger charge is -2.24. The van der Waals surface area contributed by atoms with E-state index in [1.807, 2.05) is 42.5 Å². The molecule has 0 spiro atoms. The summed E-state index contributed by atoms with van der Waals surface area (Å²) in [6, 6.07) is 12.9. The van der Waals surface area contributed by atoms with Crippen LogP contribution in [0.25, 0.3) is 10.8 Å². The second-order valence-electron chi connectivity index (χ2n) is 6.93. The van der Waals surface area contributed by atoms with Gasteiger partial charge in [0, 0.05) is 23.8 Å². The minimum absolute atomic E-state index is 0.0370. The summed E-state index contributed by atoms with van der Waals surface area (Å²) in [6.45, 7) is 2.30. The predicted molar refractivity (Wildman–Crippen MR) is 107 cm³/mol. The lowest BCUT2D eigenvalue weighted by molar-refractivity contribution is -0.149. The number of aliphatic carboxylic acids is 1. The summed E-state index contributed by atoms with van der Waals surface area (Å²) in [5, 5.41) is 11.4. The number of hydrogen-bond acceptors (Lipinski definition) is 4. The Balaban J connectivity index is 1.53. The number of likely N-dealkylation sites (tertiary alicyclic amines) is 1. The molecule has 1 N–H and O–H groups in total. The van der Waals surface area contributed by atoms with Crippen molar-refractivity contribution < 1.29 is 19.5 Å². The van der Waals surface area contributed by atoms with Crippen molar-refractivity contribution in [2.45, 2.75) is 25.8 Å². The van der Waals surface area contributed by atoms with Crippen LogP contribution in [0, 0.1) is 5.92 Å². The van der Waals surface area contributed by atoms with E-state index in [1.165, 1.54) is 16.7 Å². The van der Waals surface area contributed by atoms with Gasteiger partial charge in [0.1, 0.15) is 6.04 Å². The van der Waals surface area contributed by atoms with Crippen molar-refractivity contribution in [2.75, 3.05) is 18.1 Å². The fraction of sp³-hybridized carbons (Fsp3) is 0.381. The largest absolute Gasteiger partial charge is 0.480 e. The van der Waals surface area contributed by atoms with E-state index in [0.29, 0.717) is 30.0 Å². The van der Waals surface area contributed by atoms with Gasteiger partial charge in [-0.2, -0.15) is 11.8 Å². The number of nitrogens with zero attached hydrogens (tertiary/aromatic N) is 1. The summed E-state index contributed by atoms with van der Waals surface area (Å²) in [5.41, 5.74) is 0.672. The number of amides is 1. The van der Waals surface area contributed by atoms with Gasteiger partial charge in [-0.3, -0.25) is 9.59 Å². The first-order valence-corrected chi connectivity index (χ1v) is 10.3. The maximum atomic E-state index is 12.5. The van der Waals surface area contributed by atoms with Crippen LogP contribution in [0.1, 0.15) is 30.1 Å². The molecule has 2 unspecified atom stereocenters. The highest BCUT2D eigenvalue weighted by Crippen LogP contribution is 2.22. The fourth-order valence-corrected chi connectivity index (χ4v) is 4.38. The topological polar surface area (TPSA) is 74.7 Å². The van der Waals surface area contributed by atoms with Crippen LogP contribution in [0.15, 0.2) is 42.5 Å². The van der Waals surface area contributed by atoms with Crippen LogP contribution in [0.5, 0.6) is 0 Å². The Morgan fingerprint density at radius 2 is 1.93 bits per heavy atom. The first kappa shape index (κ1) is 19.4. The van der Waals surface area contributed by atoms with Crippen molar-refractivity contribution in [3.63, 3.8) is 0 Å². The van der Waals surface area contributed by atoms with Crippen molar-refractivity contribution in [1.29, 1.82) is 0 Å². The second kappa shape index (κ2) is 8.57. The van der Waals surface area contributed by atoms with E-state index in [4.69, 9.17) is 0 Å². The molecule has 0 aliphatic carbocycles. The molecular weight excluding hydrogens is 362 g/mol. The molecule has 0 saturated carbocycles. The molecule has 6 heteroatoms. The molecule has 0 aromatic heterocycles. The molecule has 1 aliphatic rings. The molecule has 5 nitrogen and oxygen atoms in total. The highest BCUT2D eigenvalue weighted by molar-refractivity contribution is 8.00. The van der Waals surface area contributed by atoms with Gasteiger partial charge in [0.25, 0.3) is 0 Å². The molecule has 142 valence electrons. The van der Waals surface area contributed by atoms with Crippen molar-refractivity contribution in [3.05, 3.63) is 48.0 Å². The number of rotatable bonds is 7. The van der Waals surface area contributed by atoms with Gasteiger partial charge < -0.3 is 10.0 Å². The van der Waals surface area contributed by atoms with Crippen LogP contribution in [0.2, 0.25) is 0 Å². The highest BCUT2D eigenvalue weighted by atomic mass is 32.2. The van der Waals surface area contributed by atoms with Crippen LogP contribution >= 0.6 is 11.8 Å². The predicted octanol–water partition coefficient (Wildman–Crippen LogP) is 3.47. The summed E-state index contributed by atoms with van der Waals surface area (Å²) >= 11 is 1.42. The Morgan fingerprint density at radius 1 is 1.19 bits per heavy atom. The molecule has 3 rings (SSSR count). The lowest BCUT2D eigenvalue weighted by Crippen LogP contribution is -2.43. The molecule has 1 aliphatic heterocycles. The van der Waals surface area contributed by atoms with Gasteiger partial charge in [-0.05, 0) is 29.7 Å². The minimum atomic E-state index is -0.938. The second-order valence-corrected chi connectivity index (χ2v) is 7.96. The maximum Gasteiger partial charge on any atom is 0.326 e. The third-order valence-electron chi connectivity index (χ3n) is 4.91. The monoisotopic (exact) mass is 385 g/mol. The molecule has 2 aromatic rings. The van der Waals surface area contributed by atoms with Gasteiger partial charge in [0.15, 0.2) is 5.78 Å². The van der Waals surface area contributed by atoms with Gasteiger partial charge in [0.2, 0.25) is 5.91 Å². The van der Waals surface area contributed by atoms with Crippen molar-refractivity contribution >= 4 is 40.2 Å². The van der Waals surface area contributed by atoms with E-state index >= 15 is 0 Å². The Labute approximate surface area is 162 Å². The third kappa shape index (κ3) is 4.50. The van der Waals surface area contributed by atoms with Gasteiger partial charge in [-0.25, -0.2) is 4.79 Å². The Morgan fingerprint density at radius 3 is 2.67 bits per heavy atom. The van der Waals surface area contributed by atoms with E-state index in [2.05, 4.69) is 0 Å². The normalized spacial score (nSPS) is 17.8. The summed E-state index contributed by atoms with van der Waals surface area (Å²) < 4.78 is 0. The molecule has 1 fully saturated rings. The molecular formula is C21H23NO4S. The lowest BCUT2D eigenvalue weighted by atomic mass is 10.1. The fourth-order valence-electron chi connectivity index (χ4n) is 3.42. The zero-order chi connectivity index (χ0) is 19.4. The van der Waals surface area contributed by atoms with Crippen LogP contribution < -0.4 is 0 Å². The number of fused-ring (bicyclic) bond motifs is 1. The Kier molecular flexibility index (Phi) is 6.16. The standard InChI is InChI=1S/C21H23NO4S/c1-14(20(24)22-10-4-7-18(22)21(25)26)12-27-13-19(23)17-9-8-15-5-2-3-6-16(15)11-17/h2-3,5-6,8-9,11,14,18H,4,7,10,12-13H2,1H3,(H,25,26). The van der Waals surface area contributed by atoms with Gasteiger partial charge in [-0.15, -0.1) is 0 Å². The highest BCUT2D eigenvalue weighted by Gasteiger charge is 2.35. The van der Waals surface area contributed by atoms with E-state index < -0.39 is 12.0 Å². The minimum Gasteiger partial charge on any atom is -0.480 e. The summed E-state index contributed by atoms with van der Waals surface area (Å²) in [7, 11) is 0.